The lowest BCUT2D eigenvalue weighted by Gasteiger charge is -2.47. The van der Waals surface area contributed by atoms with Crippen molar-refractivity contribution in [2.75, 3.05) is 26.8 Å². The number of nitrogens with zero attached hydrogens (tertiary/aromatic N) is 1. The van der Waals surface area contributed by atoms with Crippen LogP contribution in [0, 0.1) is 17.8 Å². The summed E-state index contributed by atoms with van der Waals surface area (Å²) in [5, 5.41) is 11.1. The summed E-state index contributed by atoms with van der Waals surface area (Å²) in [4.78, 5) is 18.3. The summed E-state index contributed by atoms with van der Waals surface area (Å²) >= 11 is 0. The molecule has 4 rings (SSSR count). The van der Waals surface area contributed by atoms with Gasteiger partial charge in [0.2, 0.25) is 0 Å². The summed E-state index contributed by atoms with van der Waals surface area (Å²) in [5.74, 6) is -0.623. The molecule has 4 N–H and O–H groups in total. The minimum atomic E-state index is -4.67. The van der Waals surface area contributed by atoms with E-state index in [-0.39, 0.29) is 30.5 Å². The second-order valence-electron chi connectivity index (χ2n) is 7.88. The number of para-hydroxylation sites is 1. The van der Waals surface area contributed by atoms with Crippen molar-refractivity contribution in [2.24, 2.45) is 17.8 Å². The average Bonchev–Trinajstić information content (AvgIpc) is 3.11. The molecule has 1 aromatic heterocycles. The van der Waals surface area contributed by atoms with Crippen LogP contribution in [-0.4, -0.2) is 65.3 Å². The molecule has 0 amide bonds. The number of aromatic amines is 1. The van der Waals surface area contributed by atoms with Gasteiger partial charge >= 0.3 is 16.4 Å². The Labute approximate surface area is 181 Å². The third kappa shape index (κ3) is 5.16. The molecule has 1 fully saturated rings. The third-order valence-electron chi connectivity index (χ3n) is 6.28. The number of hydrogen-bond donors (Lipinski definition) is 4. The van der Waals surface area contributed by atoms with Crippen molar-refractivity contribution in [3.8, 4) is 0 Å². The predicted molar refractivity (Wildman–Crippen MR) is 115 cm³/mol. The number of ether oxygens (including phenoxy) is 1. The Morgan fingerprint density at radius 3 is 2.68 bits per heavy atom. The van der Waals surface area contributed by atoms with E-state index in [2.05, 4.69) is 40.7 Å². The fourth-order valence-electron chi connectivity index (χ4n) is 4.94. The largest absolute Gasteiger partial charge is 0.469 e. The summed E-state index contributed by atoms with van der Waals surface area (Å²) < 4.78 is 36.5. The van der Waals surface area contributed by atoms with E-state index in [4.69, 9.17) is 22.3 Å². The van der Waals surface area contributed by atoms with Crippen molar-refractivity contribution in [2.45, 2.75) is 18.9 Å². The highest BCUT2D eigenvalue weighted by atomic mass is 32.3. The number of methoxy groups -OCH3 is 1. The number of aliphatic hydroxyl groups excluding tert-OH is 1. The van der Waals surface area contributed by atoms with Crippen molar-refractivity contribution >= 4 is 27.3 Å². The highest BCUT2D eigenvalue weighted by molar-refractivity contribution is 7.79. The number of carbonyl (C=O) groups excluding carboxylic acids is 1. The molecule has 9 nitrogen and oxygen atoms in total. The fraction of sp³-hybridized carbons (Fsp3) is 0.476. The van der Waals surface area contributed by atoms with Crippen LogP contribution in [0.3, 0.4) is 0 Å². The van der Waals surface area contributed by atoms with Gasteiger partial charge in [-0.1, -0.05) is 24.3 Å². The maximum absolute atomic E-state index is 12.2. The maximum atomic E-state index is 12.2. The molecule has 2 aromatic rings. The van der Waals surface area contributed by atoms with Crippen LogP contribution >= 0.6 is 0 Å². The van der Waals surface area contributed by atoms with Crippen LogP contribution in [0.15, 0.2) is 36.9 Å². The minimum absolute atomic E-state index is 0.0311. The smallest absolute Gasteiger partial charge is 0.394 e. The first-order valence-electron chi connectivity index (χ1n) is 10.0. The van der Waals surface area contributed by atoms with Crippen LogP contribution in [0.1, 0.15) is 23.7 Å². The molecule has 2 aliphatic rings. The first kappa shape index (κ1) is 23.4. The number of esters is 1. The van der Waals surface area contributed by atoms with Gasteiger partial charge in [0.15, 0.2) is 0 Å². The van der Waals surface area contributed by atoms with Gasteiger partial charge in [0, 0.05) is 29.7 Å². The number of H-pyrrole nitrogens is 1. The number of piperidine rings is 1. The Kier molecular flexibility index (Phi) is 7.17. The predicted octanol–water partition coefficient (Wildman–Crippen LogP) is 2.02. The zero-order chi connectivity index (χ0) is 22.8. The average molecular weight is 453 g/mol. The standard InChI is InChI=1S/C21H26N2O3.H2O4S/c1-3-13-11-23-9-8-15-14-6-4-5-7-18(14)22-20(15)19(23)10-16(13)17(12-24)21(25)26-2;1-5(2,3)4/h3-7,13,16-17,19,22,24H,1,8-12H2,2H3;(H2,1,2,3,4)/t13-,16-,17?,19-;/m0./s1. The van der Waals surface area contributed by atoms with Crippen LogP contribution in [0.5, 0.6) is 0 Å². The molecular weight excluding hydrogens is 424 g/mol. The Morgan fingerprint density at radius 1 is 1.39 bits per heavy atom. The van der Waals surface area contributed by atoms with Gasteiger partial charge < -0.3 is 14.8 Å². The summed E-state index contributed by atoms with van der Waals surface area (Å²) in [6.07, 6.45) is 3.79. The molecule has 0 spiro atoms. The van der Waals surface area contributed by atoms with E-state index < -0.39 is 16.3 Å². The van der Waals surface area contributed by atoms with E-state index in [1.807, 2.05) is 6.08 Å². The van der Waals surface area contributed by atoms with Crippen molar-refractivity contribution in [1.29, 1.82) is 0 Å². The fourth-order valence-corrected chi connectivity index (χ4v) is 4.94. The number of aromatic nitrogens is 1. The lowest BCUT2D eigenvalue weighted by atomic mass is 9.72. The van der Waals surface area contributed by atoms with Gasteiger partial charge in [-0.3, -0.25) is 18.8 Å². The molecule has 10 heteroatoms. The van der Waals surface area contributed by atoms with E-state index in [1.165, 1.54) is 29.3 Å². The number of benzene rings is 1. The van der Waals surface area contributed by atoms with Crippen LogP contribution in [0.25, 0.3) is 10.9 Å². The van der Waals surface area contributed by atoms with Crippen molar-refractivity contribution in [3.63, 3.8) is 0 Å². The van der Waals surface area contributed by atoms with Gasteiger partial charge in [0.1, 0.15) is 0 Å². The first-order chi connectivity index (χ1) is 14.7. The van der Waals surface area contributed by atoms with E-state index in [0.717, 1.165) is 25.9 Å². The second kappa shape index (κ2) is 9.49. The number of aliphatic hydroxyl groups is 1. The van der Waals surface area contributed by atoms with Crippen molar-refractivity contribution in [3.05, 3.63) is 48.2 Å². The third-order valence-corrected chi connectivity index (χ3v) is 6.28. The van der Waals surface area contributed by atoms with Crippen molar-refractivity contribution < 1.29 is 32.2 Å². The Hall–Kier alpha value is -2.24. The molecule has 170 valence electrons. The highest BCUT2D eigenvalue weighted by Gasteiger charge is 2.43. The van der Waals surface area contributed by atoms with Crippen LogP contribution in [0.2, 0.25) is 0 Å². The molecule has 0 aliphatic carbocycles. The Morgan fingerprint density at radius 2 is 2.06 bits per heavy atom. The SMILES string of the molecule is C=C[C@H]1CN2CCc3c([nH]c4ccccc34)[C@@H]2C[C@@H]1C(CO)C(=O)OC.O=S(=O)(O)O. The minimum Gasteiger partial charge on any atom is -0.469 e. The summed E-state index contributed by atoms with van der Waals surface area (Å²) in [7, 11) is -3.28. The molecule has 1 aromatic carbocycles. The summed E-state index contributed by atoms with van der Waals surface area (Å²) in [6, 6.07) is 8.68. The molecule has 3 heterocycles. The quantitative estimate of drug-likeness (QED) is 0.314. The molecule has 1 unspecified atom stereocenters. The summed E-state index contributed by atoms with van der Waals surface area (Å²) in [6.45, 7) is 5.67. The summed E-state index contributed by atoms with van der Waals surface area (Å²) in [5.41, 5.74) is 3.84. The van der Waals surface area contributed by atoms with E-state index in [0.29, 0.717) is 0 Å². The zero-order valence-electron chi connectivity index (χ0n) is 17.3. The number of hydrogen-bond acceptors (Lipinski definition) is 6. The molecule has 31 heavy (non-hydrogen) atoms. The van der Waals surface area contributed by atoms with E-state index in [1.54, 1.807) is 0 Å². The molecule has 4 atom stereocenters. The number of nitrogens with one attached hydrogen (secondary N) is 1. The Bertz CT molecular complexity index is 1040. The Balaban J connectivity index is 0.000000491. The van der Waals surface area contributed by atoms with Gasteiger partial charge in [-0.25, -0.2) is 0 Å². The van der Waals surface area contributed by atoms with Crippen LogP contribution in [-0.2, 0) is 26.4 Å². The maximum Gasteiger partial charge on any atom is 0.394 e. The van der Waals surface area contributed by atoms with Gasteiger partial charge in [0.05, 0.1) is 25.7 Å². The molecule has 0 saturated carbocycles. The number of rotatable bonds is 4. The topological polar surface area (TPSA) is 140 Å². The molecule has 1 saturated heterocycles. The molecule has 0 bridgehead atoms. The normalized spacial score (nSPS) is 24.3. The van der Waals surface area contributed by atoms with Crippen LogP contribution in [0.4, 0.5) is 0 Å². The van der Waals surface area contributed by atoms with Crippen molar-refractivity contribution in [1.82, 2.24) is 9.88 Å². The van der Waals surface area contributed by atoms with Gasteiger partial charge in [-0.2, -0.15) is 8.42 Å². The lowest BCUT2D eigenvalue weighted by Crippen LogP contribution is -2.48. The molecule has 2 aliphatic heterocycles. The molecule has 0 radical (unpaired) electrons. The lowest BCUT2D eigenvalue weighted by molar-refractivity contribution is -0.151. The zero-order valence-corrected chi connectivity index (χ0v) is 18.1. The monoisotopic (exact) mass is 452 g/mol. The van der Waals surface area contributed by atoms with E-state index in [9.17, 15) is 9.90 Å². The van der Waals surface area contributed by atoms with Gasteiger partial charge in [-0.15, -0.1) is 6.58 Å². The second-order valence-corrected chi connectivity index (χ2v) is 8.78. The number of carbonyl (C=O) groups is 1. The number of fused-ring (bicyclic) bond motifs is 5. The van der Waals surface area contributed by atoms with Gasteiger partial charge in [0.25, 0.3) is 0 Å². The van der Waals surface area contributed by atoms with E-state index >= 15 is 0 Å². The van der Waals surface area contributed by atoms with Crippen LogP contribution < -0.4 is 0 Å². The highest BCUT2D eigenvalue weighted by Crippen LogP contribution is 2.45. The first-order valence-corrected chi connectivity index (χ1v) is 11.4. The molecular formula is C21H28N2O7S. The van der Waals surface area contributed by atoms with Gasteiger partial charge in [-0.05, 0) is 36.3 Å².